The van der Waals surface area contributed by atoms with Gasteiger partial charge in [0, 0.05) is 0 Å². The van der Waals surface area contributed by atoms with E-state index in [0.29, 0.717) is 5.56 Å². The van der Waals surface area contributed by atoms with Crippen LogP contribution in [-0.4, -0.2) is 17.2 Å². The van der Waals surface area contributed by atoms with Crippen LogP contribution >= 0.6 is 0 Å². The van der Waals surface area contributed by atoms with Crippen molar-refractivity contribution in [2.24, 2.45) is 0 Å². The van der Waals surface area contributed by atoms with Crippen molar-refractivity contribution in [3.05, 3.63) is 29.3 Å². The highest BCUT2D eigenvalue weighted by Crippen LogP contribution is 2.29. The molecule has 0 saturated carbocycles. The second-order valence-corrected chi connectivity index (χ2v) is 3.87. The Hall–Kier alpha value is -1.01. The first-order valence-corrected chi connectivity index (χ1v) is 4.80. The highest BCUT2D eigenvalue weighted by atomic mass is 19.4. The Morgan fingerprint density at radius 2 is 1.75 bits per heavy atom. The van der Waals surface area contributed by atoms with Crippen LogP contribution in [0.3, 0.4) is 0 Å². The standard InChI is InChI=1S/C10H12BF3O2/c1-6(2)7-3-4-8(10(12,13)14)9(5-7)11(15)16/h3-6,15-16H,1-2H3. The third kappa shape index (κ3) is 2.77. The molecule has 0 amide bonds. The summed E-state index contributed by atoms with van der Waals surface area (Å²) in [5.41, 5.74) is -0.873. The van der Waals surface area contributed by atoms with E-state index in [1.807, 2.05) is 13.8 Å². The van der Waals surface area contributed by atoms with Crippen LogP contribution in [0.2, 0.25) is 0 Å². The van der Waals surface area contributed by atoms with Crippen molar-refractivity contribution in [1.82, 2.24) is 0 Å². The van der Waals surface area contributed by atoms with E-state index < -0.39 is 24.3 Å². The largest absolute Gasteiger partial charge is 0.489 e. The summed E-state index contributed by atoms with van der Waals surface area (Å²) in [6, 6.07) is 3.40. The Kier molecular flexibility index (Phi) is 3.65. The van der Waals surface area contributed by atoms with Crippen molar-refractivity contribution in [3.8, 4) is 0 Å². The maximum absolute atomic E-state index is 12.5. The lowest BCUT2D eigenvalue weighted by Crippen LogP contribution is -2.36. The first kappa shape index (κ1) is 13.1. The molecule has 0 saturated heterocycles. The van der Waals surface area contributed by atoms with Gasteiger partial charge in [-0.1, -0.05) is 32.0 Å². The molecule has 0 fully saturated rings. The highest BCUT2D eigenvalue weighted by molar-refractivity contribution is 6.59. The molecule has 0 atom stereocenters. The van der Waals surface area contributed by atoms with Gasteiger partial charge in [-0.3, -0.25) is 0 Å². The molecule has 0 aliphatic carbocycles. The molecule has 16 heavy (non-hydrogen) atoms. The van der Waals surface area contributed by atoms with Crippen LogP contribution in [0.15, 0.2) is 18.2 Å². The molecule has 0 aliphatic rings. The van der Waals surface area contributed by atoms with Gasteiger partial charge in [0.2, 0.25) is 0 Å². The lowest BCUT2D eigenvalue weighted by Gasteiger charge is -2.15. The highest BCUT2D eigenvalue weighted by Gasteiger charge is 2.36. The lowest BCUT2D eigenvalue weighted by atomic mass is 9.75. The zero-order chi connectivity index (χ0) is 12.5. The number of hydrogen-bond acceptors (Lipinski definition) is 2. The van der Waals surface area contributed by atoms with E-state index in [1.54, 1.807) is 0 Å². The van der Waals surface area contributed by atoms with Gasteiger partial charge in [-0.05, 0) is 16.9 Å². The van der Waals surface area contributed by atoms with E-state index in [1.165, 1.54) is 12.1 Å². The molecule has 0 radical (unpaired) electrons. The van der Waals surface area contributed by atoms with Crippen LogP contribution in [-0.2, 0) is 6.18 Å². The molecule has 2 N–H and O–H groups in total. The van der Waals surface area contributed by atoms with Gasteiger partial charge < -0.3 is 10.0 Å². The van der Waals surface area contributed by atoms with Crippen molar-refractivity contribution in [3.63, 3.8) is 0 Å². The Balaban J connectivity index is 3.31. The smallest absolute Gasteiger partial charge is 0.423 e. The van der Waals surface area contributed by atoms with Gasteiger partial charge >= 0.3 is 13.3 Å². The van der Waals surface area contributed by atoms with E-state index in [-0.39, 0.29) is 5.92 Å². The molecular formula is C10H12BF3O2. The molecule has 0 heterocycles. The fraction of sp³-hybridized carbons (Fsp3) is 0.400. The predicted octanol–water partition coefficient (Wildman–Crippen LogP) is 1.51. The molecule has 2 nitrogen and oxygen atoms in total. The summed E-state index contributed by atoms with van der Waals surface area (Å²) < 4.78 is 37.6. The van der Waals surface area contributed by atoms with Crippen LogP contribution in [0.1, 0.15) is 30.9 Å². The van der Waals surface area contributed by atoms with E-state index >= 15 is 0 Å². The van der Waals surface area contributed by atoms with Crippen molar-refractivity contribution < 1.29 is 23.2 Å². The van der Waals surface area contributed by atoms with Crippen LogP contribution in [0.5, 0.6) is 0 Å². The summed E-state index contributed by atoms with van der Waals surface area (Å²) >= 11 is 0. The fourth-order valence-corrected chi connectivity index (χ4v) is 1.41. The summed E-state index contributed by atoms with van der Waals surface area (Å²) in [5.74, 6) is 0.0276. The van der Waals surface area contributed by atoms with E-state index in [2.05, 4.69) is 0 Å². The van der Waals surface area contributed by atoms with Crippen molar-refractivity contribution in [1.29, 1.82) is 0 Å². The van der Waals surface area contributed by atoms with Gasteiger partial charge in [0.1, 0.15) is 0 Å². The molecule has 1 aromatic carbocycles. The number of halogens is 3. The Labute approximate surface area is 91.9 Å². The predicted molar refractivity (Wildman–Crippen MR) is 55.4 cm³/mol. The average Bonchev–Trinajstić information content (AvgIpc) is 2.15. The van der Waals surface area contributed by atoms with Crippen molar-refractivity contribution in [2.75, 3.05) is 0 Å². The average molecular weight is 232 g/mol. The zero-order valence-corrected chi connectivity index (χ0v) is 8.92. The lowest BCUT2D eigenvalue weighted by molar-refractivity contribution is -0.136. The van der Waals surface area contributed by atoms with Gasteiger partial charge in [0.15, 0.2) is 0 Å². The van der Waals surface area contributed by atoms with Gasteiger partial charge in [-0.25, -0.2) is 0 Å². The molecule has 0 aliphatic heterocycles. The second kappa shape index (κ2) is 4.47. The van der Waals surface area contributed by atoms with Gasteiger partial charge in [-0.15, -0.1) is 0 Å². The minimum Gasteiger partial charge on any atom is -0.423 e. The summed E-state index contributed by atoms with van der Waals surface area (Å²) in [6.45, 7) is 3.63. The Bertz CT molecular complexity index is 375. The number of rotatable bonds is 2. The topological polar surface area (TPSA) is 40.5 Å². The first-order chi connectivity index (χ1) is 7.23. The molecule has 1 rings (SSSR count). The molecule has 0 unspecified atom stereocenters. The van der Waals surface area contributed by atoms with Crippen LogP contribution in [0.25, 0.3) is 0 Å². The second-order valence-electron chi connectivity index (χ2n) is 3.87. The van der Waals surface area contributed by atoms with Gasteiger partial charge in [0.25, 0.3) is 0 Å². The molecular weight excluding hydrogens is 220 g/mol. The third-order valence-corrected chi connectivity index (χ3v) is 2.33. The van der Waals surface area contributed by atoms with E-state index in [4.69, 9.17) is 10.0 Å². The third-order valence-electron chi connectivity index (χ3n) is 2.33. The molecule has 0 bridgehead atoms. The first-order valence-electron chi connectivity index (χ1n) is 4.80. The molecule has 88 valence electrons. The number of alkyl halides is 3. The SMILES string of the molecule is CC(C)c1ccc(C(F)(F)F)c(B(O)O)c1. The minimum absolute atomic E-state index is 0.0276. The van der Waals surface area contributed by atoms with Gasteiger partial charge in [0.05, 0.1) is 5.56 Å². The quantitative estimate of drug-likeness (QED) is 0.758. The van der Waals surface area contributed by atoms with Gasteiger partial charge in [-0.2, -0.15) is 13.2 Å². The molecule has 1 aromatic rings. The zero-order valence-electron chi connectivity index (χ0n) is 8.92. The van der Waals surface area contributed by atoms with Crippen molar-refractivity contribution >= 4 is 12.6 Å². The van der Waals surface area contributed by atoms with E-state index in [0.717, 1.165) is 6.07 Å². The van der Waals surface area contributed by atoms with Crippen LogP contribution < -0.4 is 5.46 Å². The minimum atomic E-state index is -4.57. The molecule has 6 heteroatoms. The van der Waals surface area contributed by atoms with Crippen LogP contribution in [0, 0.1) is 0 Å². The summed E-state index contributed by atoms with van der Waals surface area (Å²) in [5, 5.41) is 17.9. The van der Waals surface area contributed by atoms with Crippen molar-refractivity contribution in [2.45, 2.75) is 25.9 Å². The maximum atomic E-state index is 12.5. The summed E-state index contributed by atoms with van der Waals surface area (Å²) in [7, 11) is -2.12. The molecule has 0 aromatic heterocycles. The number of benzene rings is 1. The normalized spacial score (nSPS) is 12.0. The van der Waals surface area contributed by atoms with E-state index in [9.17, 15) is 13.2 Å². The Morgan fingerprint density at radius 3 is 2.12 bits per heavy atom. The monoisotopic (exact) mass is 232 g/mol. The molecule has 0 spiro atoms. The Morgan fingerprint density at radius 1 is 1.19 bits per heavy atom. The summed E-state index contributed by atoms with van der Waals surface area (Å²) in [6.07, 6.45) is -4.57. The summed E-state index contributed by atoms with van der Waals surface area (Å²) in [4.78, 5) is 0. The maximum Gasteiger partial charge on any atom is 0.489 e. The number of hydrogen-bond donors (Lipinski definition) is 2. The van der Waals surface area contributed by atoms with Crippen LogP contribution in [0.4, 0.5) is 13.2 Å². The fourth-order valence-electron chi connectivity index (χ4n) is 1.41.